The molecule has 208 valence electrons. The second kappa shape index (κ2) is 14.5. The van der Waals surface area contributed by atoms with Crippen LogP contribution in [0.25, 0.3) is 0 Å². The number of aliphatic hydroxyl groups excluding tert-OH is 4. The van der Waals surface area contributed by atoms with Crippen LogP contribution >= 0.6 is 0 Å². The van der Waals surface area contributed by atoms with E-state index in [9.17, 15) is 35.4 Å². The van der Waals surface area contributed by atoms with Crippen molar-refractivity contribution in [3.8, 4) is 11.5 Å². The van der Waals surface area contributed by atoms with Gasteiger partial charge in [-0.3, -0.25) is 0 Å². The van der Waals surface area contributed by atoms with Gasteiger partial charge in [0.05, 0.1) is 6.61 Å². The first kappa shape index (κ1) is 30.8. The molecule has 0 spiro atoms. The molecule has 0 aromatic heterocycles. The Bertz CT molecular complexity index is 963. The molecule has 37 heavy (non-hydrogen) atoms. The van der Waals surface area contributed by atoms with Crippen molar-refractivity contribution in [1.82, 2.24) is 0 Å². The monoisotopic (exact) mass is 522 g/mol. The minimum Gasteiger partial charge on any atom is -0.508 e. The van der Waals surface area contributed by atoms with Crippen molar-refractivity contribution in [3.63, 3.8) is 0 Å². The molecule has 2 rings (SSSR count). The van der Waals surface area contributed by atoms with Gasteiger partial charge in [0.15, 0.2) is 0 Å². The fraction of sp³-hybridized carbons (Fsp3) is 0.607. The number of benzene rings is 1. The van der Waals surface area contributed by atoms with Crippen LogP contribution in [0.3, 0.4) is 0 Å². The number of aromatic hydroxyl groups is 1. The van der Waals surface area contributed by atoms with Gasteiger partial charge in [-0.25, -0.2) is 4.79 Å². The second-order valence-corrected chi connectivity index (χ2v) is 9.89. The summed E-state index contributed by atoms with van der Waals surface area (Å²) in [5.74, 6) is -1.59. The molecule has 6 N–H and O–H groups in total. The molecule has 0 aliphatic carbocycles. The molecule has 1 heterocycles. The number of allylic oxidation sites excluding steroid dienone is 4. The molecular weight excluding hydrogens is 480 g/mol. The van der Waals surface area contributed by atoms with Crippen molar-refractivity contribution in [2.24, 2.45) is 0 Å². The highest BCUT2D eigenvalue weighted by Gasteiger charge is 2.45. The van der Waals surface area contributed by atoms with E-state index in [-0.39, 0.29) is 29.0 Å². The Kier molecular flexibility index (Phi) is 12.1. The van der Waals surface area contributed by atoms with Crippen LogP contribution in [0, 0.1) is 0 Å². The molecule has 1 aromatic rings. The Morgan fingerprint density at radius 3 is 2.38 bits per heavy atom. The van der Waals surface area contributed by atoms with Crippen LogP contribution in [0.1, 0.15) is 81.3 Å². The van der Waals surface area contributed by atoms with Gasteiger partial charge in [0.2, 0.25) is 6.29 Å². The van der Waals surface area contributed by atoms with E-state index in [1.54, 1.807) is 0 Å². The predicted octanol–water partition coefficient (Wildman–Crippen LogP) is 3.24. The Hall–Kier alpha value is -2.43. The number of carbonyl (C=O) groups is 1. The van der Waals surface area contributed by atoms with Crippen LogP contribution < -0.4 is 4.74 Å². The maximum atomic E-state index is 12.4. The third-order valence-corrected chi connectivity index (χ3v) is 6.53. The van der Waals surface area contributed by atoms with Gasteiger partial charge < -0.3 is 40.1 Å². The highest BCUT2D eigenvalue weighted by atomic mass is 16.7. The van der Waals surface area contributed by atoms with Crippen LogP contribution in [-0.2, 0) is 17.6 Å². The molecule has 1 aliphatic heterocycles. The summed E-state index contributed by atoms with van der Waals surface area (Å²) in [5.41, 5.74) is 2.68. The van der Waals surface area contributed by atoms with E-state index >= 15 is 0 Å². The molecule has 1 saturated heterocycles. The number of phenolic OH excluding ortho intramolecular Hbond substituents is 1. The Morgan fingerprint density at radius 1 is 1.08 bits per heavy atom. The Balaban J connectivity index is 2.52. The second-order valence-electron chi connectivity index (χ2n) is 9.89. The number of hydrogen-bond donors (Lipinski definition) is 6. The van der Waals surface area contributed by atoms with Gasteiger partial charge in [0, 0.05) is 5.56 Å². The summed E-state index contributed by atoms with van der Waals surface area (Å²) in [6.45, 7) is 7.37. The lowest BCUT2D eigenvalue weighted by molar-refractivity contribution is -0.277. The van der Waals surface area contributed by atoms with Crippen LogP contribution in [-0.4, -0.2) is 73.9 Å². The van der Waals surface area contributed by atoms with Gasteiger partial charge in [-0.1, -0.05) is 43.1 Å². The fourth-order valence-corrected chi connectivity index (χ4v) is 4.31. The van der Waals surface area contributed by atoms with Crippen molar-refractivity contribution < 1.29 is 44.9 Å². The summed E-state index contributed by atoms with van der Waals surface area (Å²) in [7, 11) is 0. The molecule has 1 aliphatic rings. The lowest BCUT2D eigenvalue weighted by Crippen LogP contribution is -2.60. The summed E-state index contributed by atoms with van der Waals surface area (Å²) in [6, 6.07) is 1.45. The number of aliphatic hydroxyl groups is 4. The summed E-state index contributed by atoms with van der Waals surface area (Å²) in [4.78, 5) is 12.4. The zero-order chi connectivity index (χ0) is 27.7. The summed E-state index contributed by atoms with van der Waals surface area (Å²) in [5, 5.41) is 61.4. The number of carboxylic acids is 1. The van der Waals surface area contributed by atoms with E-state index in [4.69, 9.17) is 9.47 Å². The van der Waals surface area contributed by atoms with Crippen LogP contribution in [0.5, 0.6) is 11.5 Å². The standard InChI is InChI=1S/C28H42O9/c1-5-6-7-11-18-14-20(30)19(13-12-17(4)10-8-9-16(2)3)26(22(18)27(34)35)37-28-25(33)24(32)23(31)21(15-29)36-28/h9,12,14,21,23-25,28-33H,5-8,10-11,13,15H2,1-4H3,(H,34,35)/b17-12+/t21-,23-,24+,25-,28?/m1/s1. The summed E-state index contributed by atoms with van der Waals surface area (Å²) in [6.07, 6.45) is 0.904. The van der Waals surface area contributed by atoms with Gasteiger partial charge >= 0.3 is 5.97 Å². The SMILES string of the molecule is CCCCCc1cc(O)c(C/C=C(\C)CCC=C(C)C)c(OC2O[C@H](CO)[C@@H](O)[C@H](O)[C@H]2O)c1C(=O)O. The number of rotatable bonds is 13. The molecule has 0 saturated carbocycles. The first-order valence-corrected chi connectivity index (χ1v) is 12.9. The van der Waals surface area contributed by atoms with E-state index in [1.807, 2.05) is 33.8 Å². The van der Waals surface area contributed by atoms with E-state index in [1.165, 1.54) is 11.6 Å². The number of unbranched alkanes of at least 4 members (excludes halogenated alkanes) is 2. The quantitative estimate of drug-likeness (QED) is 0.169. The third-order valence-electron chi connectivity index (χ3n) is 6.53. The third kappa shape index (κ3) is 8.28. The van der Waals surface area contributed by atoms with Gasteiger partial charge in [0.25, 0.3) is 0 Å². The average molecular weight is 523 g/mol. The van der Waals surface area contributed by atoms with Gasteiger partial charge in [0.1, 0.15) is 41.5 Å². The lowest BCUT2D eigenvalue weighted by atomic mass is 9.94. The first-order chi connectivity index (χ1) is 17.5. The molecule has 0 bridgehead atoms. The van der Waals surface area contributed by atoms with Crippen molar-refractivity contribution in [3.05, 3.63) is 46.1 Å². The van der Waals surface area contributed by atoms with Gasteiger partial charge in [-0.15, -0.1) is 0 Å². The van der Waals surface area contributed by atoms with Crippen molar-refractivity contribution in [1.29, 1.82) is 0 Å². The van der Waals surface area contributed by atoms with E-state index in [0.29, 0.717) is 18.4 Å². The molecule has 1 aromatic carbocycles. The predicted molar refractivity (Wildman–Crippen MR) is 139 cm³/mol. The minimum atomic E-state index is -1.72. The molecule has 1 unspecified atom stereocenters. The number of carboxylic acid groups (broad SMARTS) is 1. The molecule has 9 heteroatoms. The molecule has 0 radical (unpaired) electrons. The first-order valence-electron chi connectivity index (χ1n) is 12.9. The van der Waals surface area contributed by atoms with Crippen molar-refractivity contribution in [2.75, 3.05) is 6.61 Å². The smallest absolute Gasteiger partial charge is 0.339 e. The lowest BCUT2D eigenvalue weighted by Gasteiger charge is -2.40. The number of aryl methyl sites for hydroxylation is 1. The van der Waals surface area contributed by atoms with Crippen LogP contribution in [0.4, 0.5) is 0 Å². The number of hydrogen-bond acceptors (Lipinski definition) is 8. The zero-order valence-electron chi connectivity index (χ0n) is 22.2. The topological polar surface area (TPSA) is 157 Å². The maximum Gasteiger partial charge on any atom is 0.339 e. The van der Waals surface area contributed by atoms with Crippen molar-refractivity contribution in [2.45, 2.75) is 103 Å². The highest BCUT2D eigenvalue weighted by molar-refractivity contribution is 5.94. The molecule has 1 fully saturated rings. The van der Waals surface area contributed by atoms with Crippen molar-refractivity contribution >= 4 is 5.97 Å². The average Bonchev–Trinajstić information content (AvgIpc) is 2.83. The number of phenols is 1. The largest absolute Gasteiger partial charge is 0.508 e. The Morgan fingerprint density at radius 2 is 1.78 bits per heavy atom. The summed E-state index contributed by atoms with van der Waals surface area (Å²) < 4.78 is 11.4. The van der Waals surface area contributed by atoms with Gasteiger partial charge in [-0.05, 0) is 64.5 Å². The normalized spacial score (nSPS) is 24.1. The van der Waals surface area contributed by atoms with Crippen LogP contribution in [0.2, 0.25) is 0 Å². The number of ether oxygens (including phenoxy) is 2. The number of aromatic carboxylic acids is 1. The molecule has 9 nitrogen and oxygen atoms in total. The molecule has 5 atom stereocenters. The van der Waals surface area contributed by atoms with E-state index in [0.717, 1.165) is 31.3 Å². The van der Waals surface area contributed by atoms with Crippen LogP contribution in [0.15, 0.2) is 29.4 Å². The van der Waals surface area contributed by atoms with E-state index in [2.05, 4.69) is 6.08 Å². The zero-order valence-corrected chi connectivity index (χ0v) is 22.2. The van der Waals surface area contributed by atoms with E-state index < -0.39 is 43.3 Å². The molecular formula is C28H42O9. The highest BCUT2D eigenvalue weighted by Crippen LogP contribution is 2.38. The fourth-order valence-electron chi connectivity index (χ4n) is 4.31. The Labute approximate surface area is 218 Å². The van der Waals surface area contributed by atoms with Gasteiger partial charge in [-0.2, -0.15) is 0 Å². The molecule has 0 amide bonds. The minimum absolute atomic E-state index is 0.149. The summed E-state index contributed by atoms with van der Waals surface area (Å²) >= 11 is 0. The maximum absolute atomic E-state index is 12.4.